The predicted octanol–water partition coefficient (Wildman–Crippen LogP) is 3.92. The molecule has 1 aliphatic rings. The van der Waals surface area contributed by atoms with E-state index in [-0.39, 0.29) is 30.0 Å². The molecule has 3 aromatic heterocycles. The molecule has 1 amide bonds. The molecule has 0 aliphatic carbocycles. The number of aromatic nitrogens is 4. The van der Waals surface area contributed by atoms with Crippen LogP contribution in [0.1, 0.15) is 32.7 Å². The summed E-state index contributed by atoms with van der Waals surface area (Å²) in [6.45, 7) is 0.934. The number of fused-ring (bicyclic) bond motifs is 1. The lowest BCUT2D eigenvalue weighted by Crippen LogP contribution is -2.37. The SMILES string of the molecule is CNc1nccn1Cc1cc2c(c(-c3cc(CO)cnc3Cl)c1)CCN(Cc1cc(OC)c(F)cn1)C2=O. The second kappa shape index (κ2) is 10.8. The Balaban J connectivity index is 1.57. The lowest BCUT2D eigenvalue weighted by Gasteiger charge is -2.30. The minimum Gasteiger partial charge on any atom is -0.494 e. The van der Waals surface area contributed by atoms with Gasteiger partial charge in [0.05, 0.1) is 38.7 Å². The van der Waals surface area contributed by atoms with Crippen LogP contribution in [0.25, 0.3) is 11.1 Å². The number of aliphatic hydroxyl groups excluding tert-OH is 1. The number of carbonyl (C=O) groups is 1. The number of nitrogens with zero attached hydrogens (tertiary/aromatic N) is 5. The van der Waals surface area contributed by atoms with Crippen molar-refractivity contribution in [2.24, 2.45) is 0 Å². The monoisotopic (exact) mass is 536 g/mol. The van der Waals surface area contributed by atoms with E-state index in [4.69, 9.17) is 16.3 Å². The molecule has 0 spiro atoms. The zero-order valence-corrected chi connectivity index (χ0v) is 21.7. The number of rotatable bonds is 8. The van der Waals surface area contributed by atoms with Crippen molar-refractivity contribution in [1.29, 1.82) is 0 Å². The molecule has 0 unspecified atom stereocenters. The summed E-state index contributed by atoms with van der Waals surface area (Å²) in [6, 6.07) is 7.21. The molecule has 0 fully saturated rings. The highest BCUT2D eigenvalue weighted by atomic mass is 35.5. The molecule has 0 atom stereocenters. The van der Waals surface area contributed by atoms with Crippen molar-refractivity contribution in [2.75, 3.05) is 26.0 Å². The van der Waals surface area contributed by atoms with Crippen LogP contribution in [0.4, 0.5) is 10.3 Å². The zero-order valence-electron chi connectivity index (χ0n) is 20.9. The quantitative estimate of drug-likeness (QED) is 0.329. The molecule has 0 radical (unpaired) electrons. The number of hydrogen-bond donors (Lipinski definition) is 2. The lowest BCUT2D eigenvalue weighted by atomic mass is 9.88. The first-order valence-corrected chi connectivity index (χ1v) is 12.4. The molecule has 5 rings (SSSR count). The van der Waals surface area contributed by atoms with Crippen LogP contribution in [0.2, 0.25) is 5.15 Å². The van der Waals surface area contributed by atoms with Gasteiger partial charge in [-0.05, 0) is 46.9 Å². The largest absolute Gasteiger partial charge is 0.494 e. The second-order valence-electron chi connectivity index (χ2n) is 8.93. The summed E-state index contributed by atoms with van der Waals surface area (Å²) in [4.78, 5) is 28.2. The van der Waals surface area contributed by atoms with Gasteiger partial charge in [0.25, 0.3) is 5.91 Å². The van der Waals surface area contributed by atoms with Gasteiger partial charge in [-0.3, -0.25) is 9.78 Å². The first-order chi connectivity index (χ1) is 18.4. The van der Waals surface area contributed by atoms with Crippen LogP contribution in [-0.2, 0) is 26.1 Å². The first-order valence-electron chi connectivity index (χ1n) is 12.0. The third-order valence-electron chi connectivity index (χ3n) is 6.57. The number of nitrogens with one attached hydrogen (secondary N) is 1. The van der Waals surface area contributed by atoms with E-state index in [1.165, 1.54) is 19.4 Å². The zero-order chi connectivity index (χ0) is 26.8. The molecule has 4 heterocycles. The highest BCUT2D eigenvalue weighted by molar-refractivity contribution is 6.32. The first kappa shape index (κ1) is 25.6. The normalized spacial score (nSPS) is 13.0. The Morgan fingerprint density at radius 2 is 1.87 bits per heavy atom. The van der Waals surface area contributed by atoms with Crippen LogP contribution in [0.3, 0.4) is 0 Å². The third-order valence-corrected chi connectivity index (χ3v) is 6.87. The van der Waals surface area contributed by atoms with Gasteiger partial charge in [-0.15, -0.1) is 0 Å². The van der Waals surface area contributed by atoms with Gasteiger partial charge in [0.2, 0.25) is 5.95 Å². The number of halogens is 2. The van der Waals surface area contributed by atoms with E-state index in [0.29, 0.717) is 47.8 Å². The summed E-state index contributed by atoms with van der Waals surface area (Å²) < 4.78 is 20.9. The Kier molecular flexibility index (Phi) is 7.26. The minimum absolute atomic E-state index is 0.0796. The van der Waals surface area contributed by atoms with Crippen LogP contribution in [0.5, 0.6) is 5.75 Å². The van der Waals surface area contributed by atoms with Gasteiger partial charge in [-0.25, -0.2) is 14.4 Å². The van der Waals surface area contributed by atoms with Gasteiger partial charge in [0.1, 0.15) is 5.15 Å². The minimum atomic E-state index is -0.558. The summed E-state index contributed by atoms with van der Waals surface area (Å²) in [5, 5.41) is 13.0. The molecule has 1 aromatic carbocycles. The molecule has 11 heteroatoms. The van der Waals surface area contributed by atoms with Crippen LogP contribution in [-0.4, -0.2) is 56.1 Å². The van der Waals surface area contributed by atoms with Crippen molar-refractivity contribution < 1.29 is 19.0 Å². The fraction of sp³-hybridized carbons (Fsp3) is 0.259. The van der Waals surface area contributed by atoms with Gasteiger partial charge in [0.15, 0.2) is 11.6 Å². The highest BCUT2D eigenvalue weighted by Gasteiger charge is 2.29. The summed E-state index contributed by atoms with van der Waals surface area (Å²) in [7, 11) is 3.18. The van der Waals surface area contributed by atoms with Crippen molar-refractivity contribution >= 4 is 23.5 Å². The molecule has 0 saturated heterocycles. The molecule has 38 heavy (non-hydrogen) atoms. The molecule has 196 valence electrons. The van der Waals surface area contributed by atoms with Crippen molar-refractivity contribution in [1.82, 2.24) is 24.4 Å². The van der Waals surface area contributed by atoms with E-state index >= 15 is 0 Å². The summed E-state index contributed by atoms with van der Waals surface area (Å²) >= 11 is 6.52. The Morgan fingerprint density at radius 1 is 1.08 bits per heavy atom. The molecule has 9 nitrogen and oxygen atoms in total. The van der Waals surface area contributed by atoms with Crippen molar-refractivity contribution in [3.63, 3.8) is 0 Å². The van der Waals surface area contributed by atoms with E-state index in [2.05, 4.69) is 20.3 Å². The molecular formula is C27H26ClFN6O3. The van der Waals surface area contributed by atoms with Gasteiger partial charge < -0.3 is 24.6 Å². The van der Waals surface area contributed by atoms with E-state index in [1.54, 1.807) is 24.2 Å². The fourth-order valence-corrected chi connectivity index (χ4v) is 4.93. The summed E-state index contributed by atoms with van der Waals surface area (Å²) in [5.41, 5.74) is 4.88. The van der Waals surface area contributed by atoms with Crippen LogP contribution in [0, 0.1) is 5.82 Å². The number of hydrogen-bond acceptors (Lipinski definition) is 7. The van der Waals surface area contributed by atoms with Gasteiger partial charge in [-0.2, -0.15) is 0 Å². The second-order valence-corrected chi connectivity index (χ2v) is 9.28. The van der Waals surface area contributed by atoms with E-state index in [9.17, 15) is 14.3 Å². The highest BCUT2D eigenvalue weighted by Crippen LogP contribution is 2.36. The third kappa shape index (κ3) is 4.92. The van der Waals surface area contributed by atoms with E-state index in [0.717, 1.165) is 22.9 Å². The maximum absolute atomic E-state index is 13.9. The van der Waals surface area contributed by atoms with Gasteiger partial charge >= 0.3 is 0 Å². The van der Waals surface area contributed by atoms with Crippen molar-refractivity contribution in [3.8, 4) is 16.9 Å². The van der Waals surface area contributed by atoms with Gasteiger partial charge in [0, 0.05) is 49.4 Å². The van der Waals surface area contributed by atoms with Crippen molar-refractivity contribution in [3.05, 3.63) is 88.0 Å². The van der Waals surface area contributed by atoms with Crippen LogP contribution >= 0.6 is 11.6 Å². The average molecular weight is 537 g/mol. The number of pyridine rings is 2. The topological polar surface area (TPSA) is 105 Å². The number of aliphatic hydroxyl groups is 1. The van der Waals surface area contributed by atoms with Crippen LogP contribution in [0.15, 0.2) is 49.1 Å². The lowest BCUT2D eigenvalue weighted by molar-refractivity contribution is 0.0724. The summed E-state index contributed by atoms with van der Waals surface area (Å²) in [5.74, 6) is 0.0461. The molecule has 1 aliphatic heterocycles. The Bertz CT molecular complexity index is 1510. The fourth-order valence-electron chi connectivity index (χ4n) is 4.72. The smallest absolute Gasteiger partial charge is 0.254 e. The number of amides is 1. The van der Waals surface area contributed by atoms with Crippen molar-refractivity contribution in [2.45, 2.75) is 26.1 Å². The van der Waals surface area contributed by atoms with Crippen LogP contribution < -0.4 is 10.1 Å². The number of ether oxygens (including phenoxy) is 1. The number of imidazole rings is 1. The molecule has 0 saturated carbocycles. The molecule has 4 aromatic rings. The Labute approximate surface area is 223 Å². The average Bonchev–Trinajstić information content (AvgIpc) is 3.38. The number of benzene rings is 1. The van der Waals surface area contributed by atoms with Gasteiger partial charge in [-0.1, -0.05) is 11.6 Å². The summed E-state index contributed by atoms with van der Waals surface area (Å²) in [6.07, 6.45) is 6.76. The van der Waals surface area contributed by atoms with E-state index < -0.39 is 5.82 Å². The number of methoxy groups -OCH3 is 1. The molecular weight excluding hydrogens is 511 g/mol. The standard InChI is InChI=1S/C27H26ClFN6O3/c1-30-27-31-4-6-35(27)13-16-7-20(21-9-17(15-36)11-33-25(21)28)19-3-5-34(26(37)22(19)8-16)14-18-10-24(38-2)23(29)12-32-18/h4,6-12,36H,3,5,13-15H2,1-2H3,(H,30,31). The molecule has 2 N–H and O–H groups in total. The maximum atomic E-state index is 13.9. The Morgan fingerprint density at radius 3 is 2.63 bits per heavy atom. The van der Waals surface area contributed by atoms with E-state index in [1.807, 2.05) is 22.9 Å². The predicted molar refractivity (Wildman–Crippen MR) is 141 cm³/mol. The number of carbonyl (C=O) groups excluding carboxylic acids is 1. The molecule has 0 bridgehead atoms. The maximum Gasteiger partial charge on any atom is 0.254 e. The number of anilines is 1. The Hall–Kier alpha value is -4.02.